The van der Waals surface area contributed by atoms with Crippen LogP contribution in [0.15, 0.2) is 60.7 Å². The van der Waals surface area contributed by atoms with Crippen molar-refractivity contribution < 1.29 is 28.7 Å². The Morgan fingerprint density at radius 2 is 1.48 bits per heavy atom. The number of ether oxygens (including phenoxy) is 2. The van der Waals surface area contributed by atoms with Gasteiger partial charge in [-0.1, -0.05) is 60.7 Å². The molecule has 0 fully saturated rings. The fourth-order valence-electron chi connectivity index (χ4n) is 2.39. The Kier molecular flexibility index (Phi) is 8.37. The molecule has 0 unspecified atom stereocenters. The minimum absolute atomic E-state index is 0.0218. The van der Waals surface area contributed by atoms with Gasteiger partial charge in [0.2, 0.25) is 5.78 Å². The van der Waals surface area contributed by atoms with Gasteiger partial charge in [0.15, 0.2) is 0 Å². The highest BCUT2D eigenvalue weighted by Crippen LogP contribution is 2.03. The number of carbonyl (C=O) groups is 4. The van der Waals surface area contributed by atoms with Gasteiger partial charge in [0, 0.05) is 6.54 Å². The first-order valence-electron chi connectivity index (χ1n) is 8.89. The lowest BCUT2D eigenvalue weighted by molar-refractivity contribution is -0.144. The van der Waals surface area contributed by atoms with Crippen LogP contribution in [0.1, 0.15) is 17.5 Å². The summed E-state index contributed by atoms with van der Waals surface area (Å²) in [6.45, 7) is 0.112. The van der Waals surface area contributed by atoms with E-state index in [2.05, 4.69) is 15.4 Å². The maximum Gasteiger partial charge on any atom is 0.408 e. The molecule has 0 radical (unpaired) electrons. The summed E-state index contributed by atoms with van der Waals surface area (Å²) in [5.41, 5.74) is 1.55. The van der Waals surface area contributed by atoms with E-state index in [1.807, 2.05) is 12.1 Å². The van der Waals surface area contributed by atoms with Gasteiger partial charge in [-0.05, 0) is 11.1 Å². The summed E-state index contributed by atoms with van der Waals surface area (Å²) >= 11 is 0. The van der Waals surface area contributed by atoms with Gasteiger partial charge in [0.25, 0.3) is 5.91 Å². The van der Waals surface area contributed by atoms with E-state index in [1.54, 1.807) is 48.5 Å². The normalized spacial score (nSPS) is 11.1. The molecule has 152 valence electrons. The molecule has 0 saturated heterocycles. The molecule has 0 aliphatic rings. The Balaban J connectivity index is 1.94. The quantitative estimate of drug-likeness (QED) is 0.492. The van der Waals surface area contributed by atoms with Crippen molar-refractivity contribution >= 4 is 23.8 Å². The number of amides is 2. The highest BCUT2D eigenvalue weighted by molar-refractivity contribution is 6.38. The van der Waals surface area contributed by atoms with Crippen LogP contribution in [-0.4, -0.2) is 36.9 Å². The molecule has 2 amide bonds. The average Bonchev–Trinajstić information content (AvgIpc) is 2.76. The summed E-state index contributed by atoms with van der Waals surface area (Å²) in [5, 5.41) is 4.73. The summed E-state index contributed by atoms with van der Waals surface area (Å²) in [7, 11) is 1.15. The second-order valence-electron chi connectivity index (χ2n) is 6.07. The number of methoxy groups -OCH3 is 1. The van der Waals surface area contributed by atoms with Gasteiger partial charge in [-0.15, -0.1) is 0 Å². The monoisotopic (exact) mass is 398 g/mol. The molecule has 2 rings (SSSR count). The lowest BCUT2D eigenvalue weighted by Crippen LogP contribution is -2.48. The minimum atomic E-state index is -1.40. The van der Waals surface area contributed by atoms with E-state index in [9.17, 15) is 19.2 Å². The van der Waals surface area contributed by atoms with Crippen molar-refractivity contribution in [2.45, 2.75) is 25.6 Å². The molecule has 2 N–H and O–H groups in total. The van der Waals surface area contributed by atoms with Crippen molar-refractivity contribution in [1.82, 2.24) is 10.6 Å². The Morgan fingerprint density at radius 1 is 0.897 bits per heavy atom. The maximum absolute atomic E-state index is 12.4. The Bertz CT molecular complexity index is 839. The van der Waals surface area contributed by atoms with Gasteiger partial charge in [0.1, 0.15) is 12.6 Å². The second kappa shape index (κ2) is 11.2. The number of Topliss-reactive ketones (excluding diaryl/α,β-unsaturated/α-hetero) is 1. The number of ketones is 1. The molecule has 0 saturated carbocycles. The third kappa shape index (κ3) is 7.45. The van der Waals surface area contributed by atoms with Crippen LogP contribution >= 0.6 is 0 Å². The first kappa shape index (κ1) is 21.6. The van der Waals surface area contributed by atoms with Crippen LogP contribution in [0.2, 0.25) is 0 Å². The van der Waals surface area contributed by atoms with Gasteiger partial charge in [0.05, 0.1) is 13.5 Å². The molecule has 0 bridgehead atoms. The third-order valence-corrected chi connectivity index (χ3v) is 3.94. The molecule has 0 aliphatic carbocycles. The van der Waals surface area contributed by atoms with Crippen LogP contribution in [-0.2, 0) is 37.0 Å². The lowest BCUT2D eigenvalue weighted by atomic mass is 10.1. The van der Waals surface area contributed by atoms with E-state index in [-0.39, 0.29) is 13.2 Å². The number of carbonyl (C=O) groups excluding carboxylic acids is 4. The molecule has 2 aromatic carbocycles. The van der Waals surface area contributed by atoms with Gasteiger partial charge >= 0.3 is 12.1 Å². The molecule has 0 aromatic heterocycles. The molecule has 8 heteroatoms. The topological polar surface area (TPSA) is 111 Å². The van der Waals surface area contributed by atoms with Crippen molar-refractivity contribution in [3.63, 3.8) is 0 Å². The molecule has 0 spiro atoms. The third-order valence-electron chi connectivity index (χ3n) is 3.94. The van der Waals surface area contributed by atoms with Crippen molar-refractivity contribution in [3.8, 4) is 0 Å². The Hall–Kier alpha value is -3.68. The van der Waals surface area contributed by atoms with Gasteiger partial charge in [-0.2, -0.15) is 0 Å². The van der Waals surface area contributed by atoms with E-state index in [4.69, 9.17) is 4.74 Å². The molecule has 29 heavy (non-hydrogen) atoms. The summed E-state index contributed by atoms with van der Waals surface area (Å²) in [6.07, 6.45) is -1.42. The standard InChI is InChI=1S/C21H22N2O6/c1-28-18(24)12-17(23-21(27)29-14-16-10-6-3-7-11-16)19(25)20(26)22-13-15-8-4-2-5-9-15/h2-11,17H,12-14H2,1H3,(H,22,26)(H,23,27)/t17-/m0/s1. The first-order valence-corrected chi connectivity index (χ1v) is 8.89. The van der Waals surface area contributed by atoms with E-state index in [0.29, 0.717) is 0 Å². The van der Waals surface area contributed by atoms with E-state index >= 15 is 0 Å². The SMILES string of the molecule is COC(=O)C[C@H](NC(=O)OCc1ccccc1)C(=O)C(=O)NCc1ccccc1. The van der Waals surface area contributed by atoms with Crippen LogP contribution in [0.5, 0.6) is 0 Å². The van der Waals surface area contributed by atoms with Crippen LogP contribution in [0, 0.1) is 0 Å². The van der Waals surface area contributed by atoms with E-state index in [1.165, 1.54) is 0 Å². The fraction of sp³-hybridized carbons (Fsp3) is 0.238. The zero-order valence-electron chi connectivity index (χ0n) is 15.9. The van der Waals surface area contributed by atoms with Crippen molar-refractivity contribution in [2.24, 2.45) is 0 Å². The van der Waals surface area contributed by atoms with Gasteiger partial charge in [-0.3, -0.25) is 14.4 Å². The zero-order chi connectivity index (χ0) is 21.1. The second-order valence-corrected chi connectivity index (χ2v) is 6.07. The van der Waals surface area contributed by atoms with Gasteiger partial charge in [-0.25, -0.2) is 4.79 Å². The molecule has 2 aromatic rings. The predicted octanol–water partition coefficient (Wildman–Crippen LogP) is 1.73. The molecule has 8 nitrogen and oxygen atoms in total. The number of benzene rings is 2. The molecule has 1 atom stereocenters. The maximum atomic E-state index is 12.4. The molecular weight excluding hydrogens is 376 g/mol. The molecular formula is C21H22N2O6. The number of nitrogens with one attached hydrogen (secondary N) is 2. The van der Waals surface area contributed by atoms with Crippen LogP contribution in [0.3, 0.4) is 0 Å². The average molecular weight is 398 g/mol. The van der Waals surface area contributed by atoms with Crippen molar-refractivity contribution in [1.29, 1.82) is 0 Å². The van der Waals surface area contributed by atoms with Crippen LogP contribution in [0.4, 0.5) is 4.79 Å². The Morgan fingerprint density at radius 3 is 2.07 bits per heavy atom. The fourth-order valence-corrected chi connectivity index (χ4v) is 2.39. The smallest absolute Gasteiger partial charge is 0.408 e. The van der Waals surface area contributed by atoms with Gasteiger partial charge < -0.3 is 20.1 Å². The number of alkyl carbamates (subject to hydrolysis) is 1. The molecule has 0 heterocycles. The van der Waals surface area contributed by atoms with Crippen molar-refractivity contribution in [2.75, 3.05) is 7.11 Å². The number of esters is 1. The Labute approximate surface area is 168 Å². The van der Waals surface area contributed by atoms with E-state index < -0.39 is 36.2 Å². The first-order chi connectivity index (χ1) is 14.0. The summed E-state index contributed by atoms with van der Waals surface area (Å²) < 4.78 is 9.58. The number of hydrogen-bond donors (Lipinski definition) is 2. The lowest BCUT2D eigenvalue weighted by Gasteiger charge is -2.16. The van der Waals surface area contributed by atoms with Crippen molar-refractivity contribution in [3.05, 3.63) is 71.8 Å². The number of rotatable bonds is 9. The predicted molar refractivity (Wildman–Crippen MR) is 103 cm³/mol. The molecule has 0 aliphatic heterocycles. The summed E-state index contributed by atoms with van der Waals surface area (Å²) in [5.74, 6) is -2.64. The van der Waals surface area contributed by atoms with Crippen LogP contribution in [0.25, 0.3) is 0 Å². The zero-order valence-corrected chi connectivity index (χ0v) is 15.9. The highest BCUT2D eigenvalue weighted by atomic mass is 16.5. The number of hydrogen-bond acceptors (Lipinski definition) is 6. The summed E-state index contributed by atoms with van der Waals surface area (Å²) in [6, 6.07) is 16.5. The van der Waals surface area contributed by atoms with E-state index in [0.717, 1.165) is 18.2 Å². The largest absolute Gasteiger partial charge is 0.469 e. The summed E-state index contributed by atoms with van der Waals surface area (Å²) in [4.78, 5) is 48.2. The minimum Gasteiger partial charge on any atom is -0.469 e. The van der Waals surface area contributed by atoms with Crippen LogP contribution < -0.4 is 10.6 Å². The highest BCUT2D eigenvalue weighted by Gasteiger charge is 2.30.